The molecule has 0 aliphatic heterocycles. The first-order valence-corrected chi connectivity index (χ1v) is 5.67. The van der Waals surface area contributed by atoms with Crippen LogP contribution in [0.5, 0.6) is 0 Å². The third kappa shape index (κ3) is 3.46. The van der Waals surface area contributed by atoms with Gasteiger partial charge in [0, 0.05) is 12.2 Å². The van der Waals surface area contributed by atoms with Gasteiger partial charge in [0.2, 0.25) is 0 Å². The van der Waals surface area contributed by atoms with Crippen molar-refractivity contribution in [3.8, 4) is 0 Å². The molecule has 0 radical (unpaired) electrons. The molecule has 1 atom stereocenters. The Balaban J connectivity index is 2.80. The third-order valence-electron chi connectivity index (χ3n) is 3.03. The molecule has 0 spiro atoms. The molecule has 1 rings (SSSR count). The molecule has 0 saturated carbocycles. The van der Waals surface area contributed by atoms with Gasteiger partial charge < -0.3 is 15.5 Å². The van der Waals surface area contributed by atoms with Gasteiger partial charge in [-0.2, -0.15) is 0 Å². The molecule has 0 fully saturated rings. The molecule has 96 valence electrons. The minimum Gasteiger partial charge on any atom is -0.394 e. The van der Waals surface area contributed by atoms with Gasteiger partial charge >= 0.3 is 0 Å². The van der Waals surface area contributed by atoms with E-state index in [1.54, 1.807) is 6.20 Å². The van der Waals surface area contributed by atoms with Gasteiger partial charge in [0.25, 0.3) is 0 Å². The van der Waals surface area contributed by atoms with Crippen molar-refractivity contribution in [3.63, 3.8) is 0 Å². The van der Waals surface area contributed by atoms with Crippen LogP contribution in [0.1, 0.15) is 31.9 Å². The predicted octanol–water partition coefficient (Wildman–Crippen LogP) is 1.00. The molecule has 1 aromatic heterocycles. The van der Waals surface area contributed by atoms with Gasteiger partial charge in [-0.15, -0.1) is 0 Å². The lowest BCUT2D eigenvalue weighted by Crippen LogP contribution is -2.52. The largest absolute Gasteiger partial charge is 0.394 e. The normalized spacial score (nSPS) is 13.7. The number of aliphatic hydroxyl groups excluding tert-OH is 2. The molecular weight excluding hydrogens is 223 g/mol. The molecule has 1 aromatic rings. The van der Waals surface area contributed by atoms with Crippen molar-refractivity contribution >= 4 is 0 Å². The Hall–Kier alpha value is -1.04. The van der Waals surface area contributed by atoms with Gasteiger partial charge in [-0.05, 0) is 25.0 Å². The molecule has 1 heterocycles. The zero-order valence-corrected chi connectivity index (χ0v) is 10.2. The van der Waals surface area contributed by atoms with Crippen LogP contribution in [0.15, 0.2) is 18.5 Å². The fraction of sp³-hybridized carbons (Fsp3) is 0.583. The molecule has 0 bridgehead atoms. The number of rotatable bonds is 6. The van der Waals surface area contributed by atoms with Gasteiger partial charge in [0.1, 0.15) is 5.82 Å². The van der Waals surface area contributed by atoms with Crippen LogP contribution < -0.4 is 5.32 Å². The van der Waals surface area contributed by atoms with Crippen LogP contribution >= 0.6 is 0 Å². The summed E-state index contributed by atoms with van der Waals surface area (Å²) in [7, 11) is 0. The van der Waals surface area contributed by atoms with E-state index in [1.165, 1.54) is 6.07 Å². The zero-order valence-electron chi connectivity index (χ0n) is 10.2. The van der Waals surface area contributed by atoms with Gasteiger partial charge in [-0.3, -0.25) is 4.98 Å². The number of aliphatic hydroxyl groups is 2. The molecule has 0 amide bonds. The van der Waals surface area contributed by atoms with E-state index >= 15 is 0 Å². The van der Waals surface area contributed by atoms with Crippen molar-refractivity contribution in [3.05, 3.63) is 29.8 Å². The minimum atomic E-state index is -0.744. The molecule has 5 heteroatoms. The monoisotopic (exact) mass is 242 g/mol. The van der Waals surface area contributed by atoms with Gasteiger partial charge in [-0.1, -0.05) is 6.92 Å². The maximum absolute atomic E-state index is 13.0. The summed E-state index contributed by atoms with van der Waals surface area (Å²) in [6.45, 7) is 3.36. The Morgan fingerprint density at radius 2 is 2.06 bits per heavy atom. The fourth-order valence-electron chi connectivity index (χ4n) is 1.67. The molecule has 17 heavy (non-hydrogen) atoms. The van der Waals surface area contributed by atoms with E-state index in [0.29, 0.717) is 12.0 Å². The molecule has 3 N–H and O–H groups in total. The average molecular weight is 242 g/mol. The van der Waals surface area contributed by atoms with Crippen LogP contribution in [0.4, 0.5) is 4.39 Å². The summed E-state index contributed by atoms with van der Waals surface area (Å²) in [5.74, 6) is -0.397. The summed E-state index contributed by atoms with van der Waals surface area (Å²) >= 11 is 0. The Labute approximate surface area is 101 Å². The van der Waals surface area contributed by atoms with E-state index in [2.05, 4.69) is 10.3 Å². The number of pyridine rings is 1. The predicted molar refractivity (Wildman–Crippen MR) is 62.9 cm³/mol. The summed E-state index contributed by atoms with van der Waals surface area (Å²) in [6, 6.07) is 1.19. The smallest absolute Gasteiger partial charge is 0.141 e. The number of hydrogen-bond donors (Lipinski definition) is 3. The Morgan fingerprint density at radius 3 is 2.53 bits per heavy atom. The fourth-order valence-corrected chi connectivity index (χ4v) is 1.67. The highest BCUT2D eigenvalue weighted by Gasteiger charge is 2.28. The second-order valence-electron chi connectivity index (χ2n) is 4.25. The molecule has 0 aromatic carbocycles. The van der Waals surface area contributed by atoms with Crippen molar-refractivity contribution in [2.45, 2.75) is 31.8 Å². The number of nitrogens with zero attached hydrogens (tertiary/aromatic N) is 1. The molecular formula is C12H19FN2O2. The van der Waals surface area contributed by atoms with E-state index < -0.39 is 11.4 Å². The molecule has 1 unspecified atom stereocenters. The van der Waals surface area contributed by atoms with Crippen molar-refractivity contribution < 1.29 is 14.6 Å². The molecule has 0 saturated heterocycles. The highest BCUT2D eigenvalue weighted by molar-refractivity contribution is 5.15. The molecule has 0 aliphatic carbocycles. The summed E-state index contributed by atoms with van der Waals surface area (Å²) in [5, 5.41) is 21.7. The van der Waals surface area contributed by atoms with Crippen LogP contribution in [-0.2, 0) is 0 Å². The Kier molecular flexibility index (Phi) is 4.99. The van der Waals surface area contributed by atoms with E-state index in [4.69, 9.17) is 0 Å². The van der Waals surface area contributed by atoms with Crippen LogP contribution in [0, 0.1) is 5.82 Å². The summed E-state index contributed by atoms with van der Waals surface area (Å²) < 4.78 is 13.0. The number of halogens is 1. The second-order valence-corrected chi connectivity index (χ2v) is 4.25. The van der Waals surface area contributed by atoms with Gasteiger partial charge in [0.05, 0.1) is 24.9 Å². The van der Waals surface area contributed by atoms with Crippen LogP contribution in [0.3, 0.4) is 0 Å². The highest BCUT2D eigenvalue weighted by atomic mass is 19.1. The third-order valence-corrected chi connectivity index (χ3v) is 3.03. The first-order valence-electron chi connectivity index (χ1n) is 5.67. The highest BCUT2D eigenvalue weighted by Crippen LogP contribution is 2.18. The van der Waals surface area contributed by atoms with Crippen molar-refractivity contribution in [2.75, 3.05) is 13.2 Å². The summed E-state index contributed by atoms with van der Waals surface area (Å²) in [5.41, 5.74) is -0.0594. The van der Waals surface area contributed by atoms with Crippen molar-refractivity contribution in [2.24, 2.45) is 0 Å². The van der Waals surface area contributed by atoms with Crippen molar-refractivity contribution in [1.82, 2.24) is 10.3 Å². The first-order chi connectivity index (χ1) is 8.06. The lowest BCUT2D eigenvalue weighted by molar-refractivity contribution is 0.0792. The lowest BCUT2D eigenvalue weighted by atomic mass is 9.96. The number of hydrogen-bond acceptors (Lipinski definition) is 4. The quantitative estimate of drug-likeness (QED) is 0.696. The second kappa shape index (κ2) is 6.05. The number of aromatic nitrogens is 1. The zero-order chi connectivity index (χ0) is 12.9. The van der Waals surface area contributed by atoms with E-state index in [-0.39, 0.29) is 19.3 Å². The van der Waals surface area contributed by atoms with E-state index in [1.807, 2.05) is 13.8 Å². The van der Waals surface area contributed by atoms with Gasteiger partial charge in [0.15, 0.2) is 0 Å². The van der Waals surface area contributed by atoms with Crippen LogP contribution in [0.2, 0.25) is 0 Å². The Bertz CT molecular complexity index is 348. The summed E-state index contributed by atoms with van der Waals surface area (Å²) in [6.07, 6.45) is 3.28. The lowest BCUT2D eigenvalue weighted by Gasteiger charge is -2.33. The topological polar surface area (TPSA) is 65.4 Å². The number of nitrogens with one attached hydrogen (secondary N) is 1. The minimum absolute atomic E-state index is 0.174. The Morgan fingerprint density at radius 1 is 1.41 bits per heavy atom. The van der Waals surface area contributed by atoms with Crippen LogP contribution in [-0.4, -0.2) is 33.9 Å². The first kappa shape index (κ1) is 14.0. The van der Waals surface area contributed by atoms with Gasteiger partial charge in [-0.25, -0.2) is 4.39 Å². The SMILES string of the molecule is CCC(CO)(CO)NC(C)c1cncc(F)c1. The molecule has 0 aliphatic rings. The van der Waals surface area contributed by atoms with Crippen molar-refractivity contribution in [1.29, 1.82) is 0 Å². The van der Waals surface area contributed by atoms with E-state index in [9.17, 15) is 14.6 Å². The maximum atomic E-state index is 13.0. The molecule has 4 nitrogen and oxygen atoms in total. The van der Waals surface area contributed by atoms with E-state index in [0.717, 1.165) is 6.20 Å². The van der Waals surface area contributed by atoms with Crippen LogP contribution in [0.25, 0.3) is 0 Å². The average Bonchev–Trinajstić information content (AvgIpc) is 2.36. The standard InChI is InChI=1S/C12H19FN2O2/c1-3-12(7-16,8-17)15-9(2)10-4-11(13)6-14-5-10/h4-6,9,15-17H,3,7-8H2,1-2H3. The summed E-state index contributed by atoms with van der Waals surface area (Å²) in [4.78, 5) is 3.77. The maximum Gasteiger partial charge on any atom is 0.141 e.